The van der Waals surface area contributed by atoms with Gasteiger partial charge in [0.05, 0.1) is 18.9 Å². The average molecular weight is 279 g/mol. The maximum atomic E-state index is 12.7. The van der Waals surface area contributed by atoms with Crippen LogP contribution >= 0.6 is 0 Å². The molecule has 1 saturated carbocycles. The van der Waals surface area contributed by atoms with Gasteiger partial charge in [0.2, 0.25) is 5.91 Å². The van der Waals surface area contributed by atoms with Gasteiger partial charge in [0, 0.05) is 13.0 Å². The van der Waals surface area contributed by atoms with Gasteiger partial charge in [0.25, 0.3) is 0 Å². The van der Waals surface area contributed by atoms with Crippen molar-refractivity contribution in [2.45, 2.75) is 38.2 Å². The number of amides is 1. The van der Waals surface area contributed by atoms with E-state index in [4.69, 9.17) is 4.74 Å². The second-order valence-corrected chi connectivity index (χ2v) is 5.55. The van der Waals surface area contributed by atoms with Crippen LogP contribution in [0.1, 0.15) is 32.1 Å². The molecule has 20 heavy (non-hydrogen) atoms. The van der Waals surface area contributed by atoms with Crippen molar-refractivity contribution < 1.29 is 13.9 Å². The van der Waals surface area contributed by atoms with E-state index in [1.807, 2.05) is 4.90 Å². The molecule has 1 saturated heterocycles. The van der Waals surface area contributed by atoms with Crippen molar-refractivity contribution in [3.8, 4) is 6.01 Å². The van der Waals surface area contributed by atoms with E-state index in [0.717, 1.165) is 31.8 Å². The van der Waals surface area contributed by atoms with E-state index < -0.39 is 5.82 Å². The van der Waals surface area contributed by atoms with Crippen molar-refractivity contribution in [1.29, 1.82) is 0 Å². The molecule has 1 aromatic heterocycles. The third-order valence-electron chi connectivity index (χ3n) is 3.76. The lowest BCUT2D eigenvalue weighted by molar-refractivity contribution is -0.134. The van der Waals surface area contributed by atoms with E-state index in [-0.39, 0.29) is 18.0 Å². The van der Waals surface area contributed by atoms with Crippen LogP contribution in [0.3, 0.4) is 0 Å². The zero-order chi connectivity index (χ0) is 13.9. The molecule has 0 radical (unpaired) electrons. The zero-order valence-corrected chi connectivity index (χ0v) is 11.3. The van der Waals surface area contributed by atoms with Crippen molar-refractivity contribution in [2.24, 2.45) is 5.92 Å². The highest BCUT2D eigenvalue weighted by Crippen LogP contribution is 2.33. The number of halogens is 1. The molecule has 0 spiro atoms. The van der Waals surface area contributed by atoms with Crippen molar-refractivity contribution in [3.63, 3.8) is 0 Å². The van der Waals surface area contributed by atoms with Crippen molar-refractivity contribution in [2.75, 3.05) is 13.1 Å². The molecule has 0 aromatic carbocycles. The minimum absolute atomic E-state index is 0.0997. The Bertz CT molecular complexity index is 476. The maximum Gasteiger partial charge on any atom is 0.316 e. The van der Waals surface area contributed by atoms with E-state index >= 15 is 0 Å². The van der Waals surface area contributed by atoms with Crippen molar-refractivity contribution in [3.05, 3.63) is 18.2 Å². The number of nitrogens with zero attached hydrogens (tertiary/aromatic N) is 3. The summed E-state index contributed by atoms with van der Waals surface area (Å²) in [4.78, 5) is 21.5. The first kappa shape index (κ1) is 13.3. The normalized spacial score (nSPS) is 22.6. The van der Waals surface area contributed by atoms with Gasteiger partial charge in [-0.3, -0.25) is 4.79 Å². The molecular formula is C14H18FN3O2. The summed E-state index contributed by atoms with van der Waals surface area (Å²) in [5, 5.41) is 0. The molecule has 5 nitrogen and oxygen atoms in total. The number of piperidine rings is 1. The van der Waals surface area contributed by atoms with Crippen LogP contribution in [0.2, 0.25) is 0 Å². The lowest BCUT2D eigenvalue weighted by Gasteiger charge is -2.32. The number of carbonyl (C=O) groups is 1. The minimum atomic E-state index is -0.484. The Morgan fingerprint density at radius 1 is 1.35 bits per heavy atom. The number of hydrogen-bond donors (Lipinski definition) is 0. The molecule has 2 fully saturated rings. The first-order chi connectivity index (χ1) is 9.70. The molecule has 1 aliphatic heterocycles. The smallest absolute Gasteiger partial charge is 0.316 e. The predicted octanol–water partition coefficient (Wildman–Crippen LogP) is 1.79. The number of aromatic nitrogens is 2. The number of carbonyl (C=O) groups excluding carboxylic acids is 1. The Morgan fingerprint density at radius 2 is 2.10 bits per heavy atom. The van der Waals surface area contributed by atoms with Gasteiger partial charge in [-0.15, -0.1) is 0 Å². The first-order valence-corrected chi connectivity index (χ1v) is 7.12. The second-order valence-electron chi connectivity index (χ2n) is 5.55. The number of rotatable bonds is 4. The molecule has 2 aliphatic rings. The molecule has 1 amide bonds. The summed E-state index contributed by atoms with van der Waals surface area (Å²) < 4.78 is 18.4. The molecule has 2 heterocycles. The van der Waals surface area contributed by atoms with Crippen molar-refractivity contribution in [1.82, 2.24) is 14.9 Å². The van der Waals surface area contributed by atoms with E-state index in [1.54, 1.807) is 0 Å². The minimum Gasteiger partial charge on any atom is -0.458 e. The maximum absolute atomic E-state index is 12.7. The molecule has 1 atom stereocenters. The van der Waals surface area contributed by atoms with Crippen LogP contribution in [-0.2, 0) is 4.79 Å². The van der Waals surface area contributed by atoms with E-state index in [1.165, 1.54) is 12.8 Å². The quantitative estimate of drug-likeness (QED) is 0.843. The molecule has 1 unspecified atom stereocenters. The van der Waals surface area contributed by atoms with E-state index in [2.05, 4.69) is 9.97 Å². The fourth-order valence-corrected chi connectivity index (χ4v) is 2.47. The SMILES string of the molecule is O=C(CC1CC1)N1CCCC(Oc2ncc(F)cn2)C1. The number of ether oxygens (including phenoxy) is 1. The Hall–Kier alpha value is -1.72. The lowest BCUT2D eigenvalue weighted by atomic mass is 10.1. The van der Waals surface area contributed by atoms with Crippen LogP contribution in [0.4, 0.5) is 4.39 Å². The third kappa shape index (κ3) is 3.43. The van der Waals surface area contributed by atoms with Crippen LogP contribution in [-0.4, -0.2) is 40.0 Å². The predicted molar refractivity (Wildman–Crippen MR) is 69.6 cm³/mol. The van der Waals surface area contributed by atoms with Gasteiger partial charge in [0.15, 0.2) is 5.82 Å². The number of hydrogen-bond acceptors (Lipinski definition) is 4. The Kier molecular flexibility index (Phi) is 3.80. The molecule has 0 N–H and O–H groups in total. The van der Waals surface area contributed by atoms with E-state index in [9.17, 15) is 9.18 Å². The van der Waals surface area contributed by atoms with Crippen LogP contribution in [0.5, 0.6) is 6.01 Å². The van der Waals surface area contributed by atoms with Crippen LogP contribution in [0.25, 0.3) is 0 Å². The molecule has 1 aliphatic carbocycles. The van der Waals surface area contributed by atoms with Gasteiger partial charge in [-0.05, 0) is 31.6 Å². The molecule has 0 bridgehead atoms. The number of likely N-dealkylation sites (tertiary alicyclic amines) is 1. The first-order valence-electron chi connectivity index (χ1n) is 7.12. The third-order valence-corrected chi connectivity index (χ3v) is 3.76. The fourth-order valence-electron chi connectivity index (χ4n) is 2.47. The van der Waals surface area contributed by atoms with Crippen molar-refractivity contribution >= 4 is 5.91 Å². The molecular weight excluding hydrogens is 261 g/mol. The molecule has 1 aromatic rings. The summed E-state index contributed by atoms with van der Waals surface area (Å²) in [7, 11) is 0. The Labute approximate surface area is 117 Å². The van der Waals surface area contributed by atoms with Gasteiger partial charge in [0.1, 0.15) is 6.10 Å². The highest BCUT2D eigenvalue weighted by Gasteiger charge is 2.30. The summed E-state index contributed by atoms with van der Waals surface area (Å²) >= 11 is 0. The van der Waals surface area contributed by atoms with Gasteiger partial charge in [-0.2, -0.15) is 0 Å². The second kappa shape index (κ2) is 5.73. The highest BCUT2D eigenvalue weighted by atomic mass is 19.1. The lowest BCUT2D eigenvalue weighted by Crippen LogP contribution is -2.44. The zero-order valence-electron chi connectivity index (χ0n) is 11.3. The topological polar surface area (TPSA) is 55.3 Å². The van der Waals surface area contributed by atoms with Gasteiger partial charge >= 0.3 is 6.01 Å². The summed E-state index contributed by atoms with van der Waals surface area (Å²) in [5.74, 6) is 0.340. The molecule has 108 valence electrons. The van der Waals surface area contributed by atoms with E-state index in [0.29, 0.717) is 18.9 Å². The van der Waals surface area contributed by atoms with Gasteiger partial charge < -0.3 is 9.64 Å². The fraction of sp³-hybridized carbons (Fsp3) is 0.643. The van der Waals surface area contributed by atoms with Crippen LogP contribution < -0.4 is 4.74 Å². The average Bonchev–Trinajstić information content (AvgIpc) is 3.26. The summed E-state index contributed by atoms with van der Waals surface area (Å²) in [6.07, 6.45) is 6.89. The van der Waals surface area contributed by atoms with Gasteiger partial charge in [-0.1, -0.05) is 0 Å². The van der Waals surface area contributed by atoms with Crippen LogP contribution in [0.15, 0.2) is 12.4 Å². The Balaban J connectivity index is 1.54. The van der Waals surface area contributed by atoms with Gasteiger partial charge in [-0.25, -0.2) is 14.4 Å². The highest BCUT2D eigenvalue weighted by molar-refractivity contribution is 5.76. The largest absolute Gasteiger partial charge is 0.458 e. The standard InChI is InChI=1S/C14H18FN3O2/c15-11-7-16-14(17-8-11)20-12-2-1-5-18(9-12)13(19)6-10-3-4-10/h7-8,10,12H,1-6,9H2. The summed E-state index contributed by atoms with van der Waals surface area (Å²) in [6.45, 7) is 1.38. The molecule has 3 rings (SSSR count). The summed E-state index contributed by atoms with van der Waals surface area (Å²) in [5.41, 5.74) is 0. The van der Waals surface area contributed by atoms with Crippen LogP contribution in [0, 0.1) is 11.7 Å². The Morgan fingerprint density at radius 3 is 2.80 bits per heavy atom. The monoisotopic (exact) mass is 279 g/mol. The summed E-state index contributed by atoms with van der Waals surface area (Å²) in [6, 6.07) is 0.174. The molecule has 6 heteroatoms.